The van der Waals surface area contributed by atoms with Gasteiger partial charge in [-0.25, -0.2) is 0 Å². The lowest BCUT2D eigenvalue weighted by atomic mass is 9.98. The van der Waals surface area contributed by atoms with E-state index in [0.717, 1.165) is 19.5 Å². The Bertz CT molecular complexity index is 495. The van der Waals surface area contributed by atoms with Crippen LogP contribution in [0.4, 0.5) is 0 Å². The maximum atomic E-state index is 5.95. The Kier molecular flexibility index (Phi) is 6.45. The van der Waals surface area contributed by atoms with Gasteiger partial charge in [-0.1, -0.05) is 60.7 Å². The van der Waals surface area contributed by atoms with Gasteiger partial charge in [-0.2, -0.15) is 0 Å². The van der Waals surface area contributed by atoms with Gasteiger partial charge in [0.25, 0.3) is 0 Å². The van der Waals surface area contributed by atoms with Crippen molar-refractivity contribution < 1.29 is 0 Å². The van der Waals surface area contributed by atoms with E-state index in [4.69, 9.17) is 5.73 Å². The summed E-state index contributed by atoms with van der Waals surface area (Å²) < 4.78 is 0. The van der Waals surface area contributed by atoms with Crippen LogP contribution >= 0.6 is 0 Å². The number of likely N-dealkylation sites (N-methyl/N-ethyl adjacent to an activating group) is 1. The second kappa shape index (κ2) is 8.60. The van der Waals surface area contributed by atoms with Gasteiger partial charge < -0.3 is 10.6 Å². The zero-order valence-corrected chi connectivity index (χ0v) is 12.9. The van der Waals surface area contributed by atoms with Crippen molar-refractivity contribution in [1.29, 1.82) is 0 Å². The van der Waals surface area contributed by atoms with Crippen molar-refractivity contribution in [2.45, 2.75) is 18.8 Å². The average molecular weight is 282 g/mol. The van der Waals surface area contributed by atoms with Gasteiger partial charge in [0.15, 0.2) is 0 Å². The van der Waals surface area contributed by atoms with Crippen LogP contribution in [-0.4, -0.2) is 31.6 Å². The van der Waals surface area contributed by atoms with Crippen LogP contribution in [0, 0.1) is 0 Å². The zero-order valence-electron chi connectivity index (χ0n) is 12.9. The maximum absolute atomic E-state index is 5.95. The Labute approximate surface area is 128 Å². The van der Waals surface area contributed by atoms with Crippen molar-refractivity contribution in [2.75, 3.05) is 26.7 Å². The molecule has 112 valence electrons. The van der Waals surface area contributed by atoms with Gasteiger partial charge in [-0.15, -0.1) is 0 Å². The summed E-state index contributed by atoms with van der Waals surface area (Å²) in [5.74, 6) is 0.424. The topological polar surface area (TPSA) is 29.3 Å². The number of aryl methyl sites for hydroxylation is 1. The molecule has 2 N–H and O–H groups in total. The molecule has 2 aromatic rings. The van der Waals surface area contributed by atoms with Gasteiger partial charge in [-0.3, -0.25) is 0 Å². The number of nitrogens with two attached hydrogens (primary N) is 1. The third kappa shape index (κ3) is 5.33. The second-order valence-corrected chi connectivity index (χ2v) is 5.69. The molecule has 2 heteroatoms. The molecule has 2 aromatic carbocycles. The van der Waals surface area contributed by atoms with E-state index in [-0.39, 0.29) is 0 Å². The van der Waals surface area contributed by atoms with Crippen molar-refractivity contribution in [3.63, 3.8) is 0 Å². The summed E-state index contributed by atoms with van der Waals surface area (Å²) in [5.41, 5.74) is 8.71. The predicted octanol–water partition coefficient (Wildman–Crippen LogP) is 3.29. The van der Waals surface area contributed by atoms with Gasteiger partial charge in [0.05, 0.1) is 0 Å². The molecular formula is C19H26N2. The van der Waals surface area contributed by atoms with Crippen molar-refractivity contribution in [2.24, 2.45) is 5.73 Å². The third-order valence-electron chi connectivity index (χ3n) is 3.94. The molecule has 21 heavy (non-hydrogen) atoms. The summed E-state index contributed by atoms with van der Waals surface area (Å²) in [6.45, 7) is 2.83. The van der Waals surface area contributed by atoms with Crippen LogP contribution in [0.2, 0.25) is 0 Å². The lowest BCUT2D eigenvalue weighted by Crippen LogP contribution is -2.29. The summed E-state index contributed by atoms with van der Waals surface area (Å²) in [6.07, 6.45) is 2.33. The number of hydrogen-bond donors (Lipinski definition) is 1. The number of rotatable bonds is 8. The summed E-state index contributed by atoms with van der Waals surface area (Å²) in [6, 6.07) is 21.3. The van der Waals surface area contributed by atoms with E-state index in [1.807, 2.05) is 0 Å². The van der Waals surface area contributed by atoms with Crippen LogP contribution in [0.15, 0.2) is 60.7 Å². The highest BCUT2D eigenvalue weighted by atomic mass is 15.1. The van der Waals surface area contributed by atoms with Gasteiger partial charge in [0.1, 0.15) is 0 Å². The minimum absolute atomic E-state index is 0.424. The molecule has 0 heterocycles. The molecule has 2 rings (SSSR count). The first kappa shape index (κ1) is 15.7. The molecule has 0 saturated carbocycles. The third-order valence-corrected chi connectivity index (χ3v) is 3.94. The first-order valence-electron chi connectivity index (χ1n) is 7.77. The van der Waals surface area contributed by atoms with Gasteiger partial charge in [-0.05, 0) is 37.6 Å². The highest BCUT2D eigenvalue weighted by Crippen LogP contribution is 2.15. The summed E-state index contributed by atoms with van der Waals surface area (Å²) in [4.78, 5) is 2.40. The SMILES string of the molecule is CN(CCCc1ccccc1)CC(CN)c1ccccc1. The first-order chi connectivity index (χ1) is 10.3. The van der Waals surface area contributed by atoms with Gasteiger partial charge in [0, 0.05) is 19.0 Å². The molecule has 0 aromatic heterocycles. The van der Waals surface area contributed by atoms with Gasteiger partial charge >= 0.3 is 0 Å². The number of nitrogens with zero attached hydrogens (tertiary/aromatic N) is 1. The van der Waals surface area contributed by atoms with Crippen LogP contribution in [0.5, 0.6) is 0 Å². The van der Waals surface area contributed by atoms with Crippen LogP contribution in [0.3, 0.4) is 0 Å². The lowest BCUT2D eigenvalue weighted by Gasteiger charge is -2.23. The number of hydrogen-bond acceptors (Lipinski definition) is 2. The van der Waals surface area contributed by atoms with E-state index in [9.17, 15) is 0 Å². The summed E-state index contributed by atoms with van der Waals surface area (Å²) in [7, 11) is 2.19. The van der Waals surface area contributed by atoms with Gasteiger partial charge in [0.2, 0.25) is 0 Å². The largest absolute Gasteiger partial charge is 0.330 e. The maximum Gasteiger partial charge on any atom is 0.00887 e. The monoisotopic (exact) mass is 282 g/mol. The van der Waals surface area contributed by atoms with Crippen LogP contribution < -0.4 is 5.73 Å². The van der Waals surface area contributed by atoms with Crippen LogP contribution in [0.1, 0.15) is 23.5 Å². The molecule has 0 saturated heterocycles. The molecule has 1 atom stereocenters. The Hall–Kier alpha value is -1.64. The molecule has 0 aliphatic rings. The molecule has 0 fully saturated rings. The van der Waals surface area contributed by atoms with Crippen LogP contribution in [0.25, 0.3) is 0 Å². The number of benzene rings is 2. The normalized spacial score (nSPS) is 12.5. The molecule has 0 aliphatic heterocycles. The molecule has 0 bridgehead atoms. The van der Waals surface area contributed by atoms with E-state index in [1.54, 1.807) is 0 Å². The van der Waals surface area contributed by atoms with E-state index < -0.39 is 0 Å². The fourth-order valence-electron chi connectivity index (χ4n) is 2.71. The highest BCUT2D eigenvalue weighted by molar-refractivity contribution is 5.20. The minimum Gasteiger partial charge on any atom is -0.330 e. The first-order valence-corrected chi connectivity index (χ1v) is 7.77. The predicted molar refractivity (Wildman–Crippen MR) is 90.5 cm³/mol. The smallest absolute Gasteiger partial charge is 0.00887 e. The summed E-state index contributed by atoms with van der Waals surface area (Å²) in [5, 5.41) is 0. The average Bonchev–Trinajstić information content (AvgIpc) is 2.54. The van der Waals surface area contributed by atoms with Crippen molar-refractivity contribution in [3.05, 3.63) is 71.8 Å². The van der Waals surface area contributed by atoms with E-state index >= 15 is 0 Å². The minimum atomic E-state index is 0.424. The fraction of sp³-hybridized carbons (Fsp3) is 0.368. The lowest BCUT2D eigenvalue weighted by molar-refractivity contribution is 0.308. The Balaban J connectivity index is 1.77. The molecule has 0 amide bonds. The standard InChI is InChI=1S/C19H26N2/c1-21(14-8-11-17-9-4-2-5-10-17)16-19(15-20)18-12-6-3-7-13-18/h2-7,9-10,12-13,19H,8,11,14-16,20H2,1H3. The van der Waals surface area contributed by atoms with E-state index in [0.29, 0.717) is 12.5 Å². The molecule has 0 aliphatic carbocycles. The second-order valence-electron chi connectivity index (χ2n) is 5.69. The Morgan fingerprint density at radius 3 is 2.19 bits per heavy atom. The molecular weight excluding hydrogens is 256 g/mol. The van der Waals surface area contributed by atoms with E-state index in [2.05, 4.69) is 72.6 Å². The van der Waals surface area contributed by atoms with Crippen LogP contribution in [-0.2, 0) is 6.42 Å². The highest BCUT2D eigenvalue weighted by Gasteiger charge is 2.11. The molecule has 0 spiro atoms. The molecule has 2 nitrogen and oxygen atoms in total. The fourth-order valence-corrected chi connectivity index (χ4v) is 2.71. The zero-order chi connectivity index (χ0) is 14.9. The van der Waals surface area contributed by atoms with Crippen molar-refractivity contribution >= 4 is 0 Å². The Morgan fingerprint density at radius 2 is 1.57 bits per heavy atom. The quantitative estimate of drug-likeness (QED) is 0.805. The molecule has 1 unspecified atom stereocenters. The molecule has 0 radical (unpaired) electrons. The van der Waals surface area contributed by atoms with Crippen molar-refractivity contribution in [1.82, 2.24) is 4.90 Å². The van der Waals surface area contributed by atoms with E-state index in [1.165, 1.54) is 17.5 Å². The Morgan fingerprint density at radius 1 is 0.952 bits per heavy atom. The van der Waals surface area contributed by atoms with Crippen molar-refractivity contribution in [3.8, 4) is 0 Å². The summed E-state index contributed by atoms with van der Waals surface area (Å²) >= 11 is 0.